The van der Waals surface area contributed by atoms with E-state index in [9.17, 15) is 9.59 Å². The van der Waals surface area contributed by atoms with Gasteiger partial charge in [-0.3, -0.25) is 9.59 Å². The van der Waals surface area contributed by atoms with E-state index in [0.717, 1.165) is 11.1 Å². The van der Waals surface area contributed by atoms with Crippen LogP contribution in [0.25, 0.3) is 11.1 Å². The molecule has 2 N–H and O–H groups in total. The van der Waals surface area contributed by atoms with Crippen LogP contribution in [-0.4, -0.2) is 21.6 Å². The third-order valence-electron chi connectivity index (χ3n) is 4.23. The van der Waals surface area contributed by atoms with Crippen molar-refractivity contribution in [2.24, 2.45) is 0 Å². The van der Waals surface area contributed by atoms with E-state index in [1.807, 2.05) is 30.3 Å². The van der Waals surface area contributed by atoms with E-state index in [2.05, 4.69) is 15.7 Å². The molecule has 2 heterocycles. The number of fused-ring (bicyclic) bond motifs is 1. The number of nitrogens with one attached hydrogen (secondary N) is 2. The number of para-hydroxylation sites is 1. The molecule has 0 fully saturated rings. The van der Waals surface area contributed by atoms with Crippen LogP contribution >= 0.6 is 11.6 Å². The van der Waals surface area contributed by atoms with Crippen LogP contribution in [0, 0.1) is 0 Å². The Morgan fingerprint density at radius 2 is 1.88 bits per heavy atom. The van der Waals surface area contributed by atoms with Gasteiger partial charge >= 0.3 is 0 Å². The molecule has 4 rings (SSSR count). The lowest BCUT2D eigenvalue weighted by Gasteiger charge is -2.24. The minimum Gasteiger partial charge on any atom is -0.324 e. The summed E-state index contributed by atoms with van der Waals surface area (Å²) >= 11 is 5.94. The summed E-state index contributed by atoms with van der Waals surface area (Å²) in [7, 11) is 0. The number of hydrogen-bond acceptors (Lipinski definition) is 3. The molecular formula is C19H15ClN4O2. The zero-order valence-corrected chi connectivity index (χ0v) is 14.4. The average Bonchev–Trinajstić information content (AvgIpc) is 3.06. The first-order chi connectivity index (χ1) is 12.6. The Balaban J connectivity index is 1.67. The molecular weight excluding hydrogens is 352 g/mol. The number of benzene rings is 2. The number of hydrogen-bond donors (Lipinski definition) is 2. The molecule has 2 amide bonds. The van der Waals surface area contributed by atoms with Gasteiger partial charge in [0.05, 0.1) is 12.6 Å². The van der Waals surface area contributed by atoms with Crippen molar-refractivity contribution in [1.82, 2.24) is 9.78 Å². The Morgan fingerprint density at radius 3 is 2.62 bits per heavy atom. The van der Waals surface area contributed by atoms with Gasteiger partial charge < -0.3 is 10.6 Å². The van der Waals surface area contributed by atoms with Crippen LogP contribution in [0.15, 0.2) is 60.8 Å². The number of carbonyl (C=O) groups excluding carboxylic acids is 2. The Bertz CT molecular complexity index is 967. The third-order valence-corrected chi connectivity index (χ3v) is 4.48. The molecule has 0 unspecified atom stereocenters. The molecule has 1 aliphatic heterocycles. The predicted molar refractivity (Wildman–Crippen MR) is 100 cm³/mol. The van der Waals surface area contributed by atoms with Crippen molar-refractivity contribution in [2.75, 3.05) is 10.6 Å². The maximum Gasteiger partial charge on any atom is 0.249 e. The Hall–Kier alpha value is -3.12. The Kier molecular flexibility index (Phi) is 4.18. The number of anilines is 2. The molecule has 0 saturated carbocycles. The van der Waals surface area contributed by atoms with Gasteiger partial charge in [-0.2, -0.15) is 5.10 Å². The highest BCUT2D eigenvalue weighted by Gasteiger charge is 2.33. The molecule has 6 nitrogen and oxygen atoms in total. The lowest BCUT2D eigenvalue weighted by molar-refractivity contribution is -0.125. The fourth-order valence-corrected chi connectivity index (χ4v) is 3.09. The molecule has 0 spiro atoms. The van der Waals surface area contributed by atoms with E-state index in [4.69, 9.17) is 11.6 Å². The SMILES string of the molecule is O=C1C[C@@H](C(=O)Nc2ccccc2)n2ncc(-c3ccc(Cl)cc3)c2N1. The summed E-state index contributed by atoms with van der Waals surface area (Å²) in [6, 6.07) is 15.7. The van der Waals surface area contributed by atoms with Gasteiger partial charge in [-0.1, -0.05) is 41.9 Å². The van der Waals surface area contributed by atoms with Gasteiger partial charge in [0.2, 0.25) is 11.8 Å². The molecule has 0 radical (unpaired) electrons. The summed E-state index contributed by atoms with van der Waals surface area (Å²) in [6.45, 7) is 0. The monoisotopic (exact) mass is 366 g/mol. The second kappa shape index (κ2) is 6.65. The van der Waals surface area contributed by atoms with E-state index in [1.165, 1.54) is 0 Å². The Morgan fingerprint density at radius 1 is 1.15 bits per heavy atom. The lowest BCUT2D eigenvalue weighted by atomic mass is 10.1. The van der Waals surface area contributed by atoms with Gasteiger partial charge in [0.25, 0.3) is 0 Å². The molecule has 130 valence electrons. The van der Waals surface area contributed by atoms with Crippen LogP contribution in [0.2, 0.25) is 5.02 Å². The van der Waals surface area contributed by atoms with E-state index in [1.54, 1.807) is 35.1 Å². The average molecular weight is 367 g/mol. The standard InChI is InChI=1S/C19H15ClN4O2/c20-13-8-6-12(7-9-13)15-11-21-24-16(10-17(25)23-18(15)24)19(26)22-14-4-2-1-3-5-14/h1-9,11,16H,10H2,(H,22,26)(H,23,25)/t16-/m0/s1. The molecule has 1 atom stereocenters. The van der Waals surface area contributed by atoms with E-state index < -0.39 is 6.04 Å². The molecule has 0 bridgehead atoms. The second-order valence-electron chi connectivity index (χ2n) is 5.98. The van der Waals surface area contributed by atoms with Gasteiger partial charge in [0.15, 0.2) is 0 Å². The number of nitrogens with zero attached hydrogens (tertiary/aromatic N) is 2. The van der Waals surface area contributed by atoms with Crippen LogP contribution in [0.1, 0.15) is 12.5 Å². The topological polar surface area (TPSA) is 76.0 Å². The molecule has 7 heteroatoms. The number of amides is 2. The highest BCUT2D eigenvalue weighted by atomic mass is 35.5. The molecule has 2 aromatic carbocycles. The van der Waals surface area contributed by atoms with E-state index >= 15 is 0 Å². The fraction of sp³-hybridized carbons (Fsp3) is 0.105. The zero-order valence-electron chi connectivity index (χ0n) is 13.6. The van der Waals surface area contributed by atoms with Gasteiger partial charge in [0, 0.05) is 16.3 Å². The van der Waals surface area contributed by atoms with Crippen LogP contribution in [0.5, 0.6) is 0 Å². The minimum absolute atomic E-state index is 0.0351. The molecule has 0 saturated heterocycles. The maximum atomic E-state index is 12.7. The number of rotatable bonds is 3. The Labute approximate surface area is 154 Å². The molecule has 1 aliphatic rings. The van der Waals surface area contributed by atoms with Gasteiger partial charge in [-0.25, -0.2) is 4.68 Å². The summed E-state index contributed by atoms with van der Waals surface area (Å²) in [5.41, 5.74) is 2.28. The quantitative estimate of drug-likeness (QED) is 0.741. The van der Waals surface area contributed by atoms with Crippen LogP contribution < -0.4 is 10.6 Å². The lowest BCUT2D eigenvalue weighted by Crippen LogP contribution is -2.35. The normalized spacial score (nSPS) is 15.9. The third kappa shape index (κ3) is 3.07. The first kappa shape index (κ1) is 16.4. The first-order valence-electron chi connectivity index (χ1n) is 8.11. The zero-order chi connectivity index (χ0) is 18.1. The van der Waals surface area contributed by atoms with Crippen molar-refractivity contribution in [3.8, 4) is 11.1 Å². The van der Waals surface area contributed by atoms with Crippen LogP contribution in [0.4, 0.5) is 11.5 Å². The van der Waals surface area contributed by atoms with E-state index in [-0.39, 0.29) is 18.2 Å². The summed E-state index contributed by atoms with van der Waals surface area (Å²) in [4.78, 5) is 24.9. The minimum atomic E-state index is -0.708. The second-order valence-corrected chi connectivity index (χ2v) is 6.42. The molecule has 0 aliphatic carbocycles. The van der Waals surface area contributed by atoms with Gasteiger partial charge in [-0.05, 0) is 29.8 Å². The molecule has 1 aromatic heterocycles. The van der Waals surface area contributed by atoms with Crippen LogP contribution in [0.3, 0.4) is 0 Å². The van der Waals surface area contributed by atoms with Gasteiger partial charge in [-0.15, -0.1) is 0 Å². The number of halogens is 1. The molecule has 26 heavy (non-hydrogen) atoms. The highest BCUT2D eigenvalue weighted by Crippen LogP contribution is 2.34. The van der Waals surface area contributed by atoms with Crippen molar-refractivity contribution in [1.29, 1.82) is 0 Å². The van der Waals surface area contributed by atoms with Crippen LogP contribution in [-0.2, 0) is 9.59 Å². The predicted octanol–water partition coefficient (Wildman–Crippen LogP) is 3.73. The van der Waals surface area contributed by atoms with E-state index in [0.29, 0.717) is 16.5 Å². The first-order valence-corrected chi connectivity index (χ1v) is 8.49. The summed E-state index contributed by atoms with van der Waals surface area (Å²) in [5, 5.41) is 10.6. The summed E-state index contributed by atoms with van der Waals surface area (Å²) in [5.74, 6) is 0.0104. The summed E-state index contributed by atoms with van der Waals surface area (Å²) in [6.07, 6.45) is 1.68. The number of carbonyl (C=O) groups is 2. The van der Waals surface area contributed by atoms with Crippen molar-refractivity contribution in [2.45, 2.75) is 12.5 Å². The largest absolute Gasteiger partial charge is 0.324 e. The smallest absolute Gasteiger partial charge is 0.249 e. The summed E-state index contributed by atoms with van der Waals surface area (Å²) < 4.78 is 1.56. The molecule has 3 aromatic rings. The van der Waals surface area contributed by atoms with Gasteiger partial charge in [0.1, 0.15) is 11.9 Å². The van der Waals surface area contributed by atoms with Crippen molar-refractivity contribution in [3.05, 3.63) is 65.8 Å². The van der Waals surface area contributed by atoms with Crippen molar-refractivity contribution >= 4 is 34.9 Å². The van der Waals surface area contributed by atoms with Crippen molar-refractivity contribution in [3.63, 3.8) is 0 Å². The maximum absolute atomic E-state index is 12.7. The number of aromatic nitrogens is 2. The van der Waals surface area contributed by atoms with Crippen molar-refractivity contribution < 1.29 is 9.59 Å². The fourth-order valence-electron chi connectivity index (χ4n) is 2.96. The highest BCUT2D eigenvalue weighted by molar-refractivity contribution is 6.30.